The summed E-state index contributed by atoms with van der Waals surface area (Å²) in [6, 6.07) is 6.24. The van der Waals surface area contributed by atoms with Crippen molar-refractivity contribution in [1.29, 1.82) is 0 Å². The number of pyridine rings is 1. The molecule has 0 aliphatic rings. The predicted octanol–water partition coefficient (Wildman–Crippen LogP) is 7.06. The maximum atomic E-state index is 14.5. The topological polar surface area (TPSA) is 74.5 Å². The fourth-order valence-corrected chi connectivity index (χ4v) is 4.82. The number of aryl methyl sites for hydroxylation is 2. The van der Waals surface area contributed by atoms with Gasteiger partial charge in [-0.1, -0.05) is 6.07 Å². The third kappa shape index (κ3) is 4.58. The summed E-state index contributed by atoms with van der Waals surface area (Å²) in [6.45, 7) is 3.65. The molecule has 0 bridgehead atoms. The summed E-state index contributed by atoms with van der Waals surface area (Å²) < 4.78 is 93.1. The van der Waals surface area contributed by atoms with Gasteiger partial charge in [-0.3, -0.25) is 4.79 Å². The third-order valence-electron chi connectivity index (χ3n) is 6.82. The van der Waals surface area contributed by atoms with Crippen LogP contribution in [0.15, 0.2) is 48.9 Å². The number of ketones is 1. The van der Waals surface area contributed by atoms with Crippen LogP contribution in [0.4, 0.5) is 32.0 Å². The predicted molar refractivity (Wildman–Crippen MR) is 142 cm³/mol. The molecule has 3 aromatic heterocycles. The minimum absolute atomic E-state index is 0.0224. The first-order chi connectivity index (χ1) is 19.3. The Hall–Kier alpha value is -4.74. The molecule has 0 amide bonds. The van der Waals surface area contributed by atoms with Crippen LogP contribution >= 0.6 is 0 Å². The first kappa shape index (κ1) is 27.8. The number of imidazole rings is 1. The molecule has 0 fully saturated rings. The summed E-state index contributed by atoms with van der Waals surface area (Å²) in [5.74, 6) is -5.31. The molecule has 0 saturated carbocycles. The average Bonchev–Trinajstić information content (AvgIpc) is 3.43. The summed E-state index contributed by atoms with van der Waals surface area (Å²) in [6.07, 6.45) is -0.666. The molecule has 5 aromatic rings. The Bertz CT molecular complexity index is 1860. The highest BCUT2D eigenvalue weighted by Crippen LogP contribution is 2.45. The van der Waals surface area contributed by atoms with Gasteiger partial charge in [0.1, 0.15) is 11.3 Å². The van der Waals surface area contributed by atoms with Gasteiger partial charge in [0, 0.05) is 35.5 Å². The summed E-state index contributed by atoms with van der Waals surface area (Å²) in [5, 5.41) is 0. The highest BCUT2D eigenvalue weighted by atomic mass is 19.4. The first-order valence-electron chi connectivity index (χ1n) is 12.3. The molecule has 0 radical (unpaired) electrons. The molecule has 0 spiro atoms. The minimum atomic E-state index is -4.82. The Morgan fingerprint density at radius 3 is 2.44 bits per heavy atom. The Morgan fingerprint density at radius 1 is 1.12 bits per heavy atom. The maximum Gasteiger partial charge on any atom is 0.417 e. The molecule has 0 atom stereocenters. The van der Waals surface area contributed by atoms with Crippen LogP contribution < -0.4 is 5.73 Å². The summed E-state index contributed by atoms with van der Waals surface area (Å²) in [7, 11) is 1.58. The number of alkyl halides is 3. The van der Waals surface area contributed by atoms with Crippen LogP contribution in [0.2, 0.25) is 0 Å². The zero-order valence-corrected chi connectivity index (χ0v) is 21.9. The van der Waals surface area contributed by atoms with Gasteiger partial charge in [0.15, 0.2) is 17.5 Å². The van der Waals surface area contributed by atoms with Crippen molar-refractivity contribution in [2.75, 3.05) is 12.3 Å². The van der Waals surface area contributed by atoms with Gasteiger partial charge >= 0.3 is 6.18 Å². The monoisotopic (exact) mass is 572 g/mol. The smallest absolute Gasteiger partial charge is 0.417 e. The molecular formula is C29H22F6N4O2. The van der Waals surface area contributed by atoms with Crippen molar-refractivity contribution in [3.05, 3.63) is 94.5 Å². The van der Waals surface area contributed by atoms with Crippen LogP contribution in [0, 0.1) is 24.4 Å². The number of anilines is 1. The van der Waals surface area contributed by atoms with Crippen molar-refractivity contribution < 1.29 is 35.9 Å². The first-order valence-corrected chi connectivity index (χ1v) is 12.3. The van der Waals surface area contributed by atoms with E-state index in [1.807, 2.05) is 0 Å². The SMILES string of the molecule is CCO/C=C/c1cc(C(=O)c2cc(F)c(F)c(F)c2)n2cccc(-c3c(C(F)(F)F)cc4c(nc(C)n4C)c3N)c12. The number of benzene rings is 2. The summed E-state index contributed by atoms with van der Waals surface area (Å²) >= 11 is 0. The molecule has 0 unspecified atom stereocenters. The number of fused-ring (bicyclic) bond motifs is 2. The lowest BCUT2D eigenvalue weighted by molar-refractivity contribution is -0.137. The zero-order valence-electron chi connectivity index (χ0n) is 21.9. The number of nitrogens with two attached hydrogens (primary N) is 1. The van der Waals surface area contributed by atoms with Crippen LogP contribution in [-0.4, -0.2) is 26.3 Å². The van der Waals surface area contributed by atoms with E-state index in [4.69, 9.17) is 10.5 Å². The Labute approximate surface area is 229 Å². The number of hydrogen-bond acceptors (Lipinski definition) is 4. The molecule has 0 aliphatic heterocycles. The highest BCUT2D eigenvalue weighted by Gasteiger charge is 2.37. The van der Waals surface area contributed by atoms with Gasteiger partial charge in [0.2, 0.25) is 5.78 Å². The lowest BCUT2D eigenvalue weighted by atomic mass is 9.95. The molecule has 0 aliphatic carbocycles. The summed E-state index contributed by atoms with van der Waals surface area (Å²) in [4.78, 5) is 17.8. The van der Waals surface area contributed by atoms with E-state index >= 15 is 0 Å². The van der Waals surface area contributed by atoms with Crippen molar-refractivity contribution in [3.8, 4) is 11.1 Å². The second kappa shape index (κ2) is 10.0. The molecule has 212 valence electrons. The number of nitrogens with zero attached hydrogens (tertiary/aromatic N) is 3. The molecular weight excluding hydrogens is 550 g/mol. The lowest BCUT2D eigenvalue weighted by Gasteiger charge is -2.18. The van der Waals surface area contributed by atoms with Crippen molar-refractivity contribution in [1.82, 2.24) is 14.0 Å². The van der Waals surface area contributed by atoms with Gasteiger partial charge < -0.3 is 19.4 Å². The van der Waals surface area contributed by atoms with Crippen LogP contribution in [0.3, 0.4) is 0 Å². The van der Waals surface area contributed by atoms with E-state index in [1.54, 1.807) is 20.9 Å². The van der Waals surface area contributed by atoms with Crippen molar-refractivity contribution >= 4 is 34.1 Å². The number of hydrogen-bond donors (Lipinski definition) is 1. The fraction of sp³-hybridized carbons (Fsp3) is 0.172. The normalized spacial score (nSPS) is 12.2. The largest absolute Gasteiger partial charge is 0.501 e. The lowest BCUT2D eigenvalue weighted by Crippen LogP contribution is -2.11. The standard InChI is InChI=1S/C29H22F6N4O2/c1-4-41-9-7-15-12-22(28(40)16-10-19(30)24(32)20(31)11-16)39-8-5-6-17(27(15)39)23-18(29(33,34)35)13-21-26(25(23)36)37-14(2)38(21)3/h5-13H,4,36H2,1-3H3/b9-7+. The summed E-state index contributed by atoms with van der Waals surface area (Å²) in [5.41, 5.74) is 4.92. The highest BCUT2D eigenvalue weighted by molar-refractivity contribution is 6.11. The molecule has 3 heterocycles. The number of halogens is 6. The third-order valence-corrected chi connectivity index (χ3v) is 6.82. The van der Waals surface area contributed by atoms with Gasteiger partial charge in [-0.15, -0.1) is 0 Å². The Balaban J connectivity index is 1.86. The molecule has 41 heavy (non-hydrogen) atoms. The molecule has 0 saturated heterocycles. The second-order valence-electron chi connectivity index (χ2n) is 9.26. The van der Waals surface area contributed by atoms with E-state index in [0.717, 1.165) is 6.07 Å². The quantitative estimate of drug-likeness (QED) is 0.0778. The van der Waals surface area contributed by atoms with E-state index in [9.17, 15) is 31.1 Å². The molecule has 2 N–H and O–H groups in total. The number of aromatic nitrogens is 3. The maximum absolute atomic E-state index is 14.5. The van der Waals surface area contributed by atoms with Crippen LogP contribution in [-0.2, 0) is 18.0 Å². The number of carbonyl (C=O) groups is 1. The van der Waals surface area contributed by atoms with Crippen LogP contribution in [0.1, 0.15) is 39.9 Å². The fourth-order valence-electron chi connectivity index (χ4n) is 4.82. The van der Waals surface area contributed by atoms with Crippen molar-refractivity contribution in [2.45, 2.75) is 20.0 Å². The van der Waals surface area contributed by atoms with Crippen molar-refractivity contribution in [2.24, 2.45) is 7.05 Å². The van der Waals surface area contributed by atoms with Gasteiger partial charge in [0.05, 0.1) is 40.8 Å². The van der Waals surface area contributed by atoms with Crippen LogP contribution in [0.25, 0.3) is 33.8 Å². The van der Waals surface area contributed by atoms with E-state index in [0.29, 0.717) is 18.0 Å². The number of nitrogen functional groups attached to an aromatic ring is 1. The van der Waals surface area contributed by atoms with E-state index in [1.165, 1.54) is 45.7 Å². The molecule has 6 nitrogen and oxygen atoms in total. The van der Waals surface area contributed by atoms with E-state index < -0.39 is 40.5 Å². The minimum Gasteiger partial charge on any atom is -0.501 e. The van der Waals surface area contributed by atoms with E-state index in [-0.39, 0.29) is 51.2 Å². The van der Waals surface area contributed by atoms with Crippen LogP contribution in [0.5, 0.6) is 0 Å². The molecule has 12 heteroatoms. The number of ether oxygens (including phenoxy) is 1. The zero-order chi connectivity index (χ0) is 29.8. The van der Waals surface area contributed by atoms with Gasteiger partial charge in [0.25, 0.3) is 0 Å². The van der Waals surface area contributed by atoms with Gasteiger partial charge in [-0.2, -0.15) is 13.2 Å². The number of rotatable bonds is 6. The molecule has 2 aromatic carbocycles. The second-order valence-corrected chi connectivity index (χ2v) is 9.26. The van der Waals surface area contributed by atoms with Crippen molar-refractivity contribution in [3.63, 3.8) is 0 Å². The number of carbonyl (C=O) groups excluding carboxylic acids is 1. The Morgan fingerprint density at radius 2 is 1.80 bits per heavy atom. The van der Waals surface area contributed by atoms with Gasteiger partial charge in [-0.25, -0.2) is 18.2 Å². The van der Waals surface area contributed by atoms with Gasteiger partial charge in [-0.05, 0) is 50.3 Å². The Kier molecular flexibility index (Phi) is 6.80. The molecule has 5 rings (SSSR count). The average molecular weight is 573 g/mol. The van der Waals surface area contributed by atoms with E-state index in [2.05, 4.69) is 4.98 Å².